The second kappa shape index (κ2) is 5.04. The van der Waals surface area contributed by atoms with E-state index in [-0.39, 0.29) is 18.3 Å². The third kappa shape index (κ3) is 2.88. The maximum Gasteiger partial charge on any atom is 0.327 e. The van der Waals surface area contributed by atoms with Crippen LogP contribution < -0.4 is 5.32 Å². The lowest BCUT2D eigenvalue weighted by atomic mass is 10.2. The van der Waals surface area contributed by atoms with Crippen molar-refractivity contribution in [1.82, 2.24) is 20.0 Å². The molecular weight excluding hydrogens is 238 g/mol. The fourth-order valence-electron chi connectivity index (χ4n) is 1.24. The lowest BCUT2D eigenvalue weighted by Crippen LogP contribution is -2.14. The molecule has 92 valence electrons. The highest BCUT2D eigenvalue weighted by molar-refractivity contribution is 6.03. The van der Waals surface area contributed by atoms with Gasteiger partial charge in [-0.05, 0) is 12.1 Å². The van der Waals surface area contributed by atoms with Gasteiger partial charge >= 0.3 is 5.97 Å². The van der Waals surface area contributed by atoms with Crippen LogP contribution in [0.2, 0.25) is 0 Å². The first-order valence-electron chi connectivity index (χ1n) is 4.98. The minimum absolute atomic E-state index is 0.193. The van der Waals surface area contributed by atoms with E-state index in [0.717, 1.165) is 4.80 Å². The van der Waals surface area contributed by atoms with Crippen molar-refractivity contribution in [3.8, 4) is 0 Å². The molecule has 8 heteroatoms. The van der Waals surface area contributed by atoms with E-state index in [9.17, 15) is 9.59 Å². The summed E-state index contributed by atoms with van der Waals surface area (Å²) in [6.07, 6.45) is 4.27. The van der Waals surface area contributed by atoms with E-state index in [0.29, 0.717) is 5.56 Å². The second-order valence-electron chi connectivity index (χ2n) is 3.34. The Hall–Kier alpha value is -2.77. The zero-order valence-corrected chi connectivity index (χ0v) is 9.15. The van der Waals surface area contributed by atoms with Gasteiger partial charge < -0.3 is 10.4 Å². The first-order valence-corrected chi connectivity index (χ1v) is 4.98. The molecule has 2 aromatic heterocycles. The summed E-state index contributed by atoms with van der Waals surface area (Å²) in [6, 6.07) is 3.11. The number of pyridine rings is 1. The molecule has 0 aliphatic rings. The Morgan fingerprint density at radius 3 is 2.72 bits per heavy atom. The number of hydrogen-bond acceptors (Lipinski definition) is 5. The Bertz CT molecular complexity index is 566. The summed E-state index contributed by atoms with van der Waals surface area (Å²) >= 11 is 0. The number of rotatable bonds is 4. The number of nitrogens with zero attached hydrogens (tertiary/aromatic N) is 4. The monoisotopic (exact) mass is 247 g/mol. The third-order valence-electron chi connectivity index (χ3n) is 2.00. The smallest absolute Gasteiger partial charge is 0.327 e. The fourth-order valence-corrected chi connectivity index (χ4v) is 1.24. The van der Waals surface area contributed by atoms with Crippen LogP contribution in [0.15, 0.2) is 30.7 Å². The lowest BCUT2D eigenvalue weighted by Gasteiger charge is -2.00. The molecule has 0 atom stereocenters. The highest BCUT2D eigenvalue weighted by Gasteiger charge is 2.09. The van der Waals surface area contributed by atoms with E-state index in [1.807, 2.05) is 0 Å². The predicted molar refractivity (Wildman–Crippen MR) is 59.8 cm³/mol. The standard InChI is InChI=1S/C10H9N5O3/c16-9(17)6-15-12-5-8(14-15)13-10(18)7-1-3-11-4-2-7/h1-5H,6H2,(H,16,17)(H,13,14,18). The van der Waals surface area contributed by atoms with Crippen molar-refractivity contribution >= 4 is 17.7 Å². The Morgan fingerprint density at radius 1 is 1.33 bits per heavy atom. The molecule has 0 unspecified atom stereocenters. The predicted octanol–water partition coefficient (Wildman–Crippen LogP) is 0.01000. The van der Waals surface area contributed by atoms with E-state index >= 15 is 0 Å². The van der Waals surface area contributed by atoms with Crippen molar-refractivity contribution in [2.45, 2.75) is 6.54 Å². The third-order valence-corrected chi connectivity index (χ3v) is 2.00. The fraction of sp³-hybridized carbons (Fsp3) is 0.100. The quantitative estimate of drug-likeness (QED) is 0.787. The Morgan fingerprint density at radius 2 is 2.06 bits per heavy atom. The molecular formula is C10H9N5O3. The van der Waals surface area contributed by atoms with Crippen LogP contribution >= 0.6 is 0 Å². The molecule has 0 saturated carbocycles. The van der Waals surface area contributed by atoms with Crippen molar-refractivity contribution in [1.29, 1.82) is 0 Å². The zero-order chi connectivity index (χ0) is 13.0. The Kier molecular flexibility index (Phi) is 3.28. The van der Waals surface area contributed by atoms with Crippen LogP contribution in [0.1, 0.15) is 10.4 Å². The van der Waals surface area contributed by atoms with Crippen LogP contribution in [-0.2, 0) is 11.3 Å². The summed E-state index contributed by atoms with van der Waals surface area (Å²) in [5, 5.41) is 18.5. The molecule has 8 nitrogen and oxygen atoms in total. The average Bonchev–Trinajstić information content (AvgIpc) is 2.76. The highest BCUT2D eigenvalue weighted by atomic mass is 16.4. The van der Waals surface area contributed by atoms with Gasteiger partial charge in [0.15, 0.2) is 12.4 Å². The zero-order valence-electron chi connectivity index (χ0n) is 9.15. The average molecular weight is 247 g/mol. The first-order chi connectivity index (χ1) is 8.65. The van der Waals surface area contributed by atoms with Gasteiger partial charge in [-0.1, -0.05) is 0 Å². The molecule has 2 heterocycles. The number of hydrogen-bond donors (Lipinski definition) is 2. The molecule has 2 N–H and O–H groups in total. The van der Waals surface area contributed by atoms with Gasteiger partial charge in [-0.25, -0.2) is 0 Å². The van der Waals surface area contributed by atoms with Gasteiger partial charge in [0.2, 0.25) is 0 Å². The largest absolute Gasteiger partial charge is 0.480 e. The molecule has 18 heavy (non-hydrogen) atoms. The van der Waals surface area contributed by atoms with Gasteiger partial charge in [-0.15, -0.1) is 5.10 Å². The normalized spacial score (nSPS) is 10.0. The van der Waals surface area contributed by atoms with Crippen molar-refractivity contribution < 1.29 is 14.7 Å². The van der Waals surface area contributed by atoms with E-state index in [2.05, 4.69) is 20.5 Å². The number of carbonyl (C=O) groups excluding carboxylic acids is 1. The van der Waals surface area contributed by atoms with Crippen LogP contribution in [-0.4, -0.2) is 37.0 Å². The minimum Gasteiger partial charge on any atom is -0.480 e. The molecule has 1 amide bonds. The maximum absolute atomic E-state index is 11.7. The van der Waals surface area contributed by atoms with Gasteiger partial charge in [0.1, 0.15) is 0 Å². The number of carboxylic acid groups (broad SMARTS) is 1. The Labute approximate surface area is 101 Å². The van der Waals surface area contributed by atoms with Crippen LogP contribution in [0, 0.1) is 0 Å². The molecule has 0 aromatic carbocycles. The topological polar surface area (TPSA) is 110 Å². The van der Waals surface area contributed by atoms with Crippen molar-refractivity contribution in [3.05, 3.63) is 36.3 Å². The van der Waals surface area contributed by atoms with E-state index in [4.69, 9.17) is 5.11 Å². The van der Waals surface area contributed by atoms with Crippen LogP contribution in [0.25, 0.3) is 0 Å². The summed E-state index contributed by atoms with van der Waals surface area (Å²) in [7, 11) is 0. The summed E-state index contributed by atoms with van der Waals surface area (Å²) in [6.45, 7) is -0.356. The molecule has 0 spiro atoms. The summed E-state index contributed by atoms with van der Waals surface area (Å²) in [5.41, 5.74) is 0.429. The SMILES string of the molecule is O=C(O)Cn1ncc(NC(=O)c2ccncc2)n1. The molecule has 2 aromatic rings. The van der Waals surface area contributed by atoms with Crippen molar-refractivity contribution in [3.63, 3.8) is 0 Å². The number of carbonyl (C=O) groups is 2. The van der Waals surface area contributed by atoms with E-state index < -0.39 is 5.97 Å². The summed E-state index contributed by atoms with van der Waals surface area (Å²) in [4.78, 5) is 26.9. The number of anilines is 1. The van der Waals surface area contributed by atoms with E-state index in [1.165, 1.54) is 18.6 Å². The van der Waals surface area contributed by atoms with Gasteiger partial charge in [0, 0.05) is 18.0 Å². The highest BCUT2D eigenvalue weighted by Crippen LogP contribution is 2.03. The van der Waals surface area contributed by atoms with Gasteiger partial charge in [0.25, 0.3) is 5.91 Å². The molecule has 0 fully saturated rings. The molecule has 2 rings (SSSR count). The maximum atomic E-state index is 11.7. The summed E-state index contributed by atoms with van der Waals surface area (Å²) in [5.74, 6) is -1.23. The van der Waals surface area contributed by atoms with Gasteiger partial charge in [-0.2, -0.15) is 9.90 Å². The molecule has 0 saturated heterocycles. The number of nitrogens with one attached hydrogen (secondary N) is 1. The summed E-state index contributed by atoms with van der Waals surface area (Å²) < 4.78 is 0. The molecule has 0 radical (unpaired) electrons. The van der Waals surface area contributed by atoms with E-state index in [1.54, 1.807) is 12.1 Å². The van der Waals surface area contributed by atoms with Crippen LogP contribution in [0.3, 0.4) is 0 Å². The van der Waals surface area contributed by atoms with Crippen molar-refractivity contribution in [2.24, 2.45) is 0 Å². The number of carboxylic acids is 1. The van der Waals surface area contributed by atoms with Crippen LogP contribution in [0.5, 0.6) is 0 Å². The first kappa shape index (κ1) is 11.7. The second-order valence-corrected chi connectivity index (χ2v) is 3.34. The molecule has 0 aliphatic carbocycles. The van der Waals surface area contributed by atoms with Crippen molar-refractivity contribution in [2.75, 3.05) is 5.32 Å². The molecule has 0 bridgehead atoms. The number of aliphatic carboxylic acids is 1. The molecule has 0 aliphatic heterocycles. The minimum atomic E-state index is -1.06. The van der Waals surface area contributed by atoms with Gasteiger partial charge in [-0.3, -0.25) is 14.6 Å². The van der Waals surface area contributed by atoms with Crippen LogP contribution in [0.4, 0.5) is 5.82 Å². The lowest BCUT2D eigenvalue weighted by molar-refractivity contribution is -0.138. The number of amides is 1. The van der Waals surface area contributed by atoms with Gasteiger partial charge in [0.05, 0.1) is 6.20 Å². The number of aromatic nitrogens is 4. The Balaban J connectivity index is 2.04.